The fraction of sp³-hybridized carbons (Fsp3) is 0.522. The van der Waals surface area contributed by atoms with Crippen LogP contribution in [0.25, 0.3) is 0 Å². The Bertz CT molecular complexity index is 914. The largest absolute Gasteiger partial charge is 0.490 e. The van der Waals surface area contributed by atoms with E-state index in [1.165, 1.54) is 0 Å². The van der Waals surface area contributed by atoms with E-state index in [-0.39, 0.29) is 12.2 Å². The Balaban J connectivity index is 1.26. The minimum absolute atomic E-state index is 0.0996. The third-order valence-electron chi connectivity index (χ3n) is 5.23. The molecule has 0 saturated carbocycles. The minimum atomic E-state index is -0.466. The highest BCUT2D eigenvalue weighted by Crippen LogP contribution is 2.32. The summed E-state index contributed by atoms with van der Waals surface area (Å²) in [5.74, 6) is 1.19. The Morgan fingerprint density at radius 2 is 1.97 bits per heavy atom. The lowest BCUT2D eigenvalue weighted by atomic mass is 9.98. The number of thiazole rings is 1. The number of piperidine rings is 1. The standard InChI is InChI=1S/C23H29N3O4S/c1-23(2,3)29-22(27)26-11-9-16(10-12-26)21-24-20(15-31-21)19-13-18(30-25-19)14-28-17-7-5-4-6-8-17/h4-8,15-16,18H,9-14H2,1-3H3. The SMILES string of the molecule is CC(C)(C)OC(=O)N1CCC(c2nc(C3=NOC(COc4ccccc4)C3)cs2)CC1. The van der Waals surface area contributed by atoms with Gasteiger partial charge in [-0.05, 0) is 45.7 Å². The summed E-state index contributed by atoms with van der Waals surface area (Å²) in [5.41, 5.74) is 1.29. The first kappa shape index (κ1) is 21.6. The summed E-state index contributed by atoms with van der Waals surface area (Å²) in [4.78, 5) is 24.4. The monoisotopic (exact) mass is 443 g/mol. The first-order valence-corrected chi connectivity index (χ1v) is 11.6. The Kier molecular flexibility index (Phi) is 6.46. The number of hydrogen-bond donors (Lipinski definition) is 0. The average Bonchev–Trinajstić information content (AvgIpc) is 3.42. The van der Waals surface area contributed by atoms with E-state index < -0.39 is 5.60 Å². The summed E-state index contributed by atoms with van der Waals surface area (Å²) in [6.45, 7) is 7.51. The van der Waals surface area contributed by atoms with Gasteiger partial charge in [0.2, 0.25) is 0 Å². The fourth-order valence-electron chi connectivity index (χ4n) is 3.62. The summed E-state index contributed by atoms with van der Waals surface area (Å²) < 4.78 is 11.3. The molecule has 0 aliphatic carbocycles. The highest BCUT2D eigenvalue weighted by Gasteiger charge is 2.30. The van der Waals surface area contributed by atoms with Crippen LogP contribution in [0.2, 0.25) is 0 Å². The molecule has 2 aromatic rings. The number of nitrogens with zero attached hydrogens (tertiary/aromatic N) is 3. The number of hydrogen-bond acceptors (Lipinski definition) is 7. The lowest BCUT2D eigenvalue weighted by Gasteiger charge is -2.32. The van der Waals surface area contributed by atoms with Crippen molar-refractivity contribution in [2.45, 2.75) is 57.7 Å². The van der Waals surface area contributed by atoms with Crippen molar-refractivity contribution < 1.29 is 19.1 Å². The van der Waals surface area contributed by atoms with Gasteiger partial charge in [0.15, 0.2) is 6.10 Å². The molecule has 2 aliphatic heterocycles. The second kappa shape index (κ2) is 9.26. The first-order chi connectivity index (χ1) is 14.9. The van der Waals surface area contributed by atoms with Crippen LogP contribution >= 0.6 is 11.3 Å². The number of oxime groups is 1. The average molecular weight is 444 g/mol. The molecule has 0 spiro atoms. The predicted octanol–water partition coefficient (Wildman–Crippen LogP) is 4.83. The fourth-order valence-corrected chi connectivity index (χ4v) is 4.62. The van der Waals surface area contributed by atoms with Crippen LogP contribution in [0.1, 0.15) is 56.7 Å². The molecule has 31 heavy (non-hydrogen) atoms. The van der Waals surface area contributed by atoms with E-state index in [0.29, 0.717) is 32.0 Å². The second-order valence-corrected chi connectivity index (χ2v) is 9.80. The van der Waals surface area contributed by atoms with Crippen molar-refractivity contribution in [2.24, 2.45) is 5.16 Å². The maximum absolute atomic E-state index is 12.3. The van der Waals surface area contributed by atoms with E-state index in [9.17, 15) is 4.79 Å². The van der Waals surface area contributed by atoms with Gasteiger partial charge < -0.3 is 19.2 Å². The van der Waals surface area contributed by atoms with Gasteiger partial charge in [0.05, 0.1) is 10.7 Å². The van der Waals surface area contributed by atoms with Gasteiger partial charge in [-0.1, -0.05) is 23.4 Å². The molecule has 3 heterocycles. The Labute approximate surface area is 187 Å². The van der Waals surface area contributed by atoms with Gasteiger partial charge >= 0.3 is 6.09 Å². The smallest absolute Gasteiger partial charge is 0.410 e. The van der Waals surface area contributed by atoms with Gasteiger partial charge in [-0.15, -0.1) is 11.3 Å². The highest BCUT2D eigenvalue weighted by molar-refractivity contribution is 7.10. The van der Waals surface area contributed by atoms with Crippen LogP contribution in [0, 0.1) is 0 Å². The molecular weight excluding hydrogens is 414 g/mol. The number of carbonyl (C=O) groups is 1. The topological polar surface area (TPSA) is 73.2 Å². The zero-order valence-corrected chi connectivity index (χ0v) is 19.1. The van der Waals surface area contributed by atoms with E-state index in [2.05, 4.69) is 10.5 Å². The summed E-state index contributed by atoms with van der Waals surface area (Å²) in [6, 6.07) is 9.71. The molecule has 0 bridgehead atoms. The zero-order chi connectivity index (χ0) is 21.8. The molecule has 1 aromatic carbocycles. The first-order valence-electron chi connectivity index (χ1n) is 10.7. The van der Waals surface area contributed by atoms with Crippen molar-refractivity contribution in [2.75, 3.05) is 19.7 Å². The second-order valence-electron chi connectivity index (χ2n) is 8.91. The van der Waals surface area contributed by atoms with Crippen molar-refractivity contribution in [1.82, 2.24) is 9.88 Å². The number of rotatable bonds is 5. The molecule has 166 valence electrons. The normalized spacial score (nSPS) is 19.6. The molecule has 7 nitrogen and oxygen atoms in total. The van der Waals surface area contributed by atoms with Gasteiger partial charge in [0, 0.05) is 30.8 Å². The van der Waals surface area contributed by atoms with Gasteiger partial charge in [0.1, 0.15) is 23.7 Å². The van der Waals surface area contributed by atoms with Gasteiger partial charge in [-0.3, -0.25) is 0 Å². The molecule has 1 atom stereocenters. The van der Waals surface area contributed by atoms with Crippen molar-refractivity contribution in [3.8, 4) is 5.75 Å². The summed E-state index contributed by atoms with van der Waals surface area (Å²) in [5, 5.41) is 7.39. The number of carbonyl (C=O) groups excluding carboxylic acids is 1. The molecule has 2 aliphatic rings. The molecule has 1 fully saturated rings. The van der Waals surface area contributed by atoms with Gasteiger partial charge in [0.25, 0.3) is 0 Å². The molecule has 4 rings (SSSR count). The maximum atomic E-state index is 12.3. The number of likely N-dealkylation sites (tertiary alicyclic amines) is 1. The van der Waals surface area contributed by atoms with Crippen LogP contribution in [0.5, 0.6) is 5.75 Å². The number of amides is 1. The van der Waals surface area contributed by atoms with Crippen LogP contribution in [-0.2, 0) is 9.57 Å². The third kappa shape index (κ3) is 5.76. The molecule has 0 radical (unpaired) electrons. The zero-order valence-electron chi connectivity index (χ0n) is 18.2. The van der Waals surface area contributed by atoms with Crippen molar-refractivity contribution >= 4 is 23.1 Å². The van der Waals surface area contributed by atoms with E-state index in [1.54, 1.807) is 16.2 Å². The Hall–Kier alpha value is -2.61. The summed E-state index contributed by atoms with van der Waals surface area (Å²) in [6.07, 6.45) is 2.14. The maximum Gasteiger partial charge on any atom is 0.410 e. The van der Waals surface area contributed by atoms with Crippen LogP contribution < -0.4 is 4.74 Å². The van der Waals surface area contributed by atoms with Crippen LogP contribution in [0.3, 0.4) is 0 Å². The molecule has 1 unspecified atom stereocenters. The lowest BCUT2D eigenvalue weighted by molar-refractivity contribution is 0.0205. The van der Waals surface area contributed by atoms with Crippen molar-refractivity contribution in [1.29, 1.82) is 0 Å². The van der Waals surface area contributed by atoms with Gasteiger partial charge in [-0.25, -0.2) is 9.78 Å². The van der Waals surface area contributed by atoms with E-state index in [4.69, 9.17) is 19.3 Å². The van der Waals surface area contributed by atoms with Crippen molar-refractivity contribution in [3.05, 3.63) is 46.4 Å². The molecule has 1 aromatic heterocycles. The van der Waals surface area contributed by atoms with Crippen LogP contribution in [0.15, 0.2) is 40.9 Å². The number of benzene rings is 1. The Morgan fingerprint density at radius 1 is 1.23 bits per heavy atom. The molecule has 8 heteroatoms. The number of aromatic nitrogens is 1. The van der Waals surface area contributed by atoms with E-state index in [0.717, 1.165) is 35.0 Å². The van der Waals surface area contributed by atoms with E-state index in [1.807, 2.05) is 51.1 Å². The predicted molar refractivity (Wildman–Crippen MR) is 120 cm³/mol. The molecule has 1 saturated heterocycles. The summed E-state index contributed by atoms with van der Waals surface area (Å²) >= 11 is 1.66. The van der Waals surface area contributed by atoms with Gasteiger partial charge in [-0.2, -0.15) is 0 Å². The third-order valence-corrected chi connectivity index (χ3v) is 6.23. The Morgan fingerprint density at radius 3 is 2.68 bits per heavy atom. The molecule has 1 amide bonds. The number of para-hydroxylation sites is 1. The van der Waals surface area contributed by atoms with E-state index >= 15 is 0 Å². The minimum Gasteiger partial charge on any atom is -0.490 e. The van der Waals surface area contributed by atoms with Crippen molar-refractivity contribution in [3.63, 3.8) is 0 Å². The number of ether oxygens (including phenoxy) is 2. The van der Waals surface area contributed by atoms with Crippen LogP contribution in [0.4, 0.5) is 4.79 Å². The highest BCUT2D eigenvalue weighted by atomic mass is 32.1. The molecule has 0 N–H and O–H groups in total. The summed E-state index contributed by atoms with van der Waals surface area (Å²) in [7, 11) is 0. The molecular formula is C23H29N3O4S. The quantitative estimate of drug-likeness (QED) is 0.662. The van der Waals surface area contributed by atoms with Crippen LogP contribution in [-0.4, -0.2) is 53.1 Å². The lowest BCUT2D eigenvalue weighted by Crippen LogP contribution is -2.41.